The molecule has 0 radical (unpaired) electrons. The van der Waals surface area contributed by atoms with E-state index in [4.69, 9.17) is 9.47 Å². The zero-order valence-electron chi connectivity index (χ0n) is 8.19. The van der Waals surface area contributed by atoms with Gasteiger partial charge in [0, 0.05) is 5.56 Å². The maximum absolute atomic E-state index is 10.1. The molecule has 0 unspecified atom stereocenters. The lowest BCUT2D eigenvalue weighted by atomic mass is 9.91. The number of ether oxygens (including phenoxy) is 2. The van der Waals surface area contributed by atoms with E-state index < -0.39 is 5.60 Å². The number of aliphatic hydroxyl groups is 1. The van der Waals surface area contributed by atoms with Gasteiger partial charge in [-0.25, -0.2) is 0 Å². The normalized spacial score (nSPS) is 18.7. The Balaban J connectivity index is 2.31. The van der Waals surface area contributed by atoms with Crippen LogP contribution in [0.25, 0.3) is 0 Å². The van der Waals surface area contributed by atoms with E-state index in [1.165, 1.54) is 0 Å². The van der Waals surface area contributed by atoms with Crippen LogP contribution in [-0.4, -0.2) is 24.9 Å². The fraction of sp³-hybridized carbons (Fsp3) is 0.455. The molecule has 2 rings (SSSR count). The highest BCUT2D eigenvalue weighted by molar-refractivity contribution is 5.39. The van der Waals surface area contributed by atoms with Crippen molar-refractivity contribution in [3.63, 3.8) is 0 Å². The van der Waals surface area contributed by atoms with Gasteiger partial charge in [0.2, 0.25) is 0 Å². The van der Waals surface area contributed by atoms with Gasteiger partial charge < -0.3 is 14.6 Å². The first kappa shape index (κ1) is 9.49. The third-order valence-corrected chi connectivity index (χ3v) is 2.37. The summed E-state index contributed by atoms with van der Waals surface area (Å²) in [6, 6.07) is 7.55. The number of hydrogen-bond donors (Lipinski definition) is 1. The van der Waals surface area contributed by atoms with Gasteiger partial charge in [-0.15, -0.1) is 0 Å². The molecule has 1 aromatic carbocycles. The molecule has 0 spiro atoms. The van der Waals surface area contributed by atoms with Crippen LogP contribution in [0.15, 0.2) is 24.3 Å². The van der Waals surface area contributed by atoms with Crippen molar-refractivity contribution >= 4 is 0 Å². The van der Waals surface area contributed by atoms with Crippen LogP contribution >= 0.6 is 0 Å². The van der Waals surface area contributed by atoms with Crippen LogP contribution in [0.3, 0.4) is 0 Å². The molecule has 1 aliphatic heterocycles. The monoisotopic (exact) mass is 194 g/mol. The molecule has 14 heavy (non-hydrogen) atoms. The highest BCUT2D eigenvalue weighted by Crippen LogP contribution is 2.35. The van der Waals surface area contributed by atoms with Gasteiger partial charge in [0.05, 0.1) is 19.8 Å². The molecule has 0 saturated carbocycles. The minimum Gasteiger partial charge on any atom is -0.493 e. The molecule has 1 saturated heterocycles. The van der Waals surface area contributed by atoms with Crippen LogP contribution < -0.4 is 4.74 Å². The van der Waals surface area contributed by atoms with Crippen molar-refractivity contribution in [1.29, 1.82) is 0 Å². The van der Waals surface area contributed by atoms with Gasteiger partial charge in [0.15, 0.2) is 0 Å². The fourth-order valence-corrected chi connectivity index (χ4v) is 1.58. The van der Waals surface area contributed by atoms with Crippen molar-refractivity contribution in [2.75, 3.05) is 19.8 Å². The van der Waals surface area contributed by atoms with Gasteiger partial charge in [-0.3, -0.25) is 0 Å². The van der Waals surface area contributed by atoms with Gasteiger partial charge in [-0.2, -0.15) is 0 Å². The standard InChI is InChI=1S/C11H14O3/c1-2-14-10-6-4-3-5-9(10)11(12)7-13-8-11/h3-6,12H,2,7-8H2,1H3. The Labute approximate surface area is 83.3 Å². The fourth-order valence-electron chi connectivity index (χ4n) is 1.58. The van der Waals surface area contributed by atoms with E-state index in [0.717, 1.165) is 11.3 Å². The van der Waals surface area contributed by atoms with E-state index in [1.54, 1.807) is 0 Å². The second-order valence-electron chi connectivity index (χ2n) is 3.45. The van der Waals surface area contributed by atoms with Crippen molar-refractivity contribution in [3.05, 3.63) is 29.8 Å². The zero-order valence-corrected chi connectivity index (χ0v) is 8.19. The summed E-state index contributed by atoms with van der Waals surface area (Å²) in [7, 11) is 0. The number of hydrogen-bond acceptors (Lipinski definition) is 3. The lowest BCUT2D eigenvalue weighted by molar-refractivity contribution is -0.185. The molecule has 1 fully saturated rings. The van der Waals surface area contributed by atoms with Crippen molar-refractivity contribution in [1.82, 2.24) is 0 Å². The Kier molecular flexibility index (Phi) is 2.44. The molecule has 3 nitrogen and oxygen atoms in total. The quantitative estimate of drug-likeness (QED) is 0.788. The van der Waals surface area contributed by atoms with E-state index in [-0.39, 0.29) is 0 Å². The van der Waals surface area contributed by atoms with E-state index >= 15 is 0 Å². The molecular weight excluding hydrogens is 180 g/mol. The summed E-state index contributed by atoms with van der Waals surface area (Å²) < 4.78 is 10.5. The van der Waals surface area contributed by atoms with Crippen molar-refractivity contribution < 1.29 is 14.6 Å². The first-order valence-corrected chi connectivity index (χ1v) is 4.79. The van der Waals surface area contributed by atoms with Crippen LogP contribution in [0.5, 0.6) is 5.75 Å². The van der Waals surface area contributed by atoms with Crippen LogP contribution in [-0.2, 0) is 10.3 Å². The minimum absolute atomic E-state index is 0.358. The minimum atomic E-state index is -0.842. The maximum Gasteiger partial charge on any atom is 0.140 e. The van der Waals surface area contributed by atoms with Crippen LogP contribution in [0.2, 0.25) is 0 Å². The Bertz CT molecular complexity index is 318. The SMILES string of the molecule is CCOc1ccccc1C1(O)COC1. The predicted molar refractivity (Wildman–Crippen MR) is 52.3 cm³/mol. The predicted octanol–water partition coefficient (Wildman–Crippen LogP) is 1.30. The van der Waals surface area contributed by atoms with Gasteiger partial charge in [-0.05, 0) is 13.0 Å². The first-order valence-electron chi connectivity index (χ1n) is 4.79. The summed E-state index contributed by atoms with van der Waals surface area (Å²) in [6.07, 6.45) is 0. The lowest BCUT2D eigenvalue weighted by Crippen LogP contribution is -2.46. The highest BCUT2D eigenvalue weighted by atomic mass is 16.5. The Hall–Kier alpha value is -1.06. The van der Waals surface area contributed by atoms with E-state index in [2.05, 4.69) is 0 Å². The number of rotatable bonds is 3. The molecule has 1 aliphatic rings. The van der Waals surface area contributed by atoms with Crippen LogP contribution in [0, 0.1) is 0 Å². The summed E-state index contributed by atoms with van der Waals surface area (Å²) in [6.45, 7) is 3.25. The molecule has 0 atom stereocenters. The molecule has 1 heterocycles. The van der Waals surface area contributed by atoms with Gasteiger partial charge >= 0.3 is 0 Å². The van der Waals surface area contributed by atoms with Crippen LogP contribution in [0.1, 0.15) is 12.5 Å². The van der Waals surface area contributed by atoms with Crippen molar-refractivity contribution in [2.45, 2.75) is 12.5 Å². The molecule has 1 N–H and O–H groups in total. The van der Waals surface area contributed by atoms with Crippen LogP contribution in [0.4, 0.5) is 0 Å². The average molecular weight is 194 g/mol. The van der Waals surface area contributed by atoms with Crippen molar-refractivity contribution in [2.24, 2.45) is 0 Å². The van der Waals surface area contributed by atoms with Gasteiger partial charge in [0.1, 0.15) is 11.4 Å². The Morgan fingerprint density at radius 1 is 1.43 bits per heavy atom. The third kappa shape index (κ3) is 1.49. The highest BCUT2D eigenvalue weighted by Gasteiger charge is 2.40. The largest absolute Gasteiger partial charge is 0.493 e. The average Bonchev–Trinajstić information content (AvgIpc) is 2.16. The summed E-state index contributed by atoms with van der Waals surface area (Å²) in [4.78, 5) is 0. The molecule has 3 heteroatoms. The van der Waals surface area contributed by atoms with Gasteiger partial charge in [0.25, 0.3) is 0 Å². The molecule has 76 valence electrons. The topological polar surface area (TPSA) is 38.7 Å². The summed E-state index contributed by atoms with van der Waals surface area (Å²) in [5.74, 6) is 0.751. The molecule has 0 aliphatic carbocycles. The Morgan fingerprint density at radius 2 is 2.14 bits per heavy atom. The smallest absolute Gasteiger partial charge is 0.140 e. The Morgan fingerprint density at radius 3 is 2.71 bits per heavy atom. The molecule has 0 amide bonds. The maximum atomic E-state index is 10.1. The molecule has 1 aromatic rings. The van der Waals surface area contributed by atoms with E-state index in [9.17, 15) is 5.11 Å². The first-order chi connectivity index (χ1) is 6.76. The summed E-state index contributed by atoms with van der Waals surface area (Å²) in [5, 5.41) is 10.1. The molecule has 0 bridgehead atoms. The number of benzene rings is 1. The molecular formula is C11H14O3. The number of para-hydroxylation sites is 1. The van der Waals surface area contributed by atoms with Crippen molar-refractivity contribution in [3.8, 4) is 5.75 Å². The van der Waals surface area contributed by atoms with E-state index in [1.807, 2.05) is 31.2 Å². The third-order valence-electron chi connectivity index (χ3n) is 2.37. The van der Waals surface area contributed by atoms with Gasteiger partial charge in [-0.1, -0.05) is 18.2 Å². The lowest BCUT2D eigenvalue weighted by Gasteiger charge is -2.37. The zero-order chi connectivity index (χ0) is 10.0. The second-order valence-corrected chi connectivity index (χ2v) is 3.45. The van der Waals surface area contributed by atoms with E-state index in [0.29, 0.717) is 19.8 Å². The summed E-state index contributed by atoms with van der Waals surface area (Å²) >= 11 is 0. The molecule has 0 aromatic heterocycles. The summed E-state index contributed by atoms with van der Waals surface area (Å²) in [5.41, 5.74) is -0.0146. The second kappa shape index (κ2) is 3.59.